The maximum absolute atomic E-state index is 10.8. The lowest BCUT2D eigenvalue weighted by atomic mass is 10.1. The number of carboxylic acid groups (broad SMARTS) is 1. The van der Waals surface area contributed by atoms with Gasteiger partial charge in [0.2, 0.25) is 0 Å². The second-order valence-corrected chi connectivity index (χ2v) is 5.83. The van der Waals surface area contributed by atoms with Crippen molar-refractivity contribution >= 4 is 11.7 Å². The molecule has 1 fully saturated rings. The summed E-state index contributed by atoms with van der Waals surface area (Å²) in [7, 11) is 1.62. The van der Waals surface area contributed by atoms with Crippen LogP contribution in [0.5, 0.6) is 11.5 Å². The van der Waals surface area contributed by atoms with Crippen LogP contribution in [-0.4, -0.2) is 30.4 Å². The summed E-state index contributed by atoms with van der Waals surface area (Å²) in [6.45, 7) is 0. The monoisotopic (exact) mass is 319 g/mol. The second-order valence-electron chi connectivity index (χ2n) is 5.83. The van der Waals surface area contributed by atoms with Gasteiger partial charge in [0.15, 0.2) is 11.5 Å². The molecule has 1 aromatic carbocycles. The number of carboxylic acids is 1. The molecule has 124 valence electrons. The van der Waals surface area contributed by atoms with Crippen molar-refractivity contribution in [3.8, 4) is 11.5 Å². The molecule has 1 heterocycles. The van der Waals surface area contributed by atoms with Gasteiger partial charge in [-0.2, -0.15) is 0 Å². The summed E-state index contributed by atoms with van der Waals surface area (Å²) in [5.74, 6) is 0.512. The Morgan fingerprint density at radius 2 is 2.13 bits per heavy atom. The minimum absolute atomic E-state index is 0.0713. The molecule has 1 aliphatic heterocycles. The minimum atomic E-state index is -0.894. The van der Waals surface area contributed by atoms with E-state index in [1.165, 1.54) is 12.8 Å². The normalized spacial score (nSPS) is 20.9. The van der Waals surface area contributed by atoms with Gasteiger partial charge in [-0.3, -0.25) is 15.1 Å². The van der Waals surface area contributed by atoms with Crippen molar-refractivity contribution in [1.82, 2.24) is 5.48 Å². The van der Waals surface area contributed by atoms with Gasteiger partial charge in [-0.15, -0.1) is 0 Å². The van der Waals surface area contributed by atoms with Crippen molar-refractivity contribution in [2.24, 2.45) is 0 Å². The molecule has 0 saturated heterocycles. The van der Waals surface area contributed by atoms with E-state index >= 15 is 0 Å². The molecule has 0 spiro atoms. The first-order valence-corrected chi connectivity index (χ1v) is 7.86. The van der Waals surface area contributed by atoms with Crippen molar-refractivity contribution in [3.63, 3.8) is 0 Å². The van der Waals surface area contributed by atoms with Crippen LogP contribution in [0, 0.1) is 0 Å². The second kappa shape index (κ2) is 6.91. The van der Waals surface area contributed by atoms with Gasteiger partial charge < -0.3 is 14.6 Å². The van der Waals surface area contributed by atoms with Crippen molar-refractivity contribution in [3.05, 3.63) is 29.8 Å². The van der Waals surface area contributed by atoms with Crippen LogP contribution >= 0.6 is 0 Å². The SMILES string of the molecule is COc1ccc(C2=CC(CC(=O)O)ON2)cc1OC1CCCC1. The lowest BCUT2D eigenvalue weighted by Gasteiger charge is -2.17. The number of carbonyl (C=O) groups is 1. The van der Waals surface area contributed by atoms with E-state index in [1.807, 2.05) is 18.2 Å². The fourth-order valence-electron chi connectivity index (χ4n) is 2.94. The molecule has 1 aromatic rings. The van der Waals surface area contributed by atoms with Crippen LogP contribution in [0.15, 0.2) is 24.3 Å². The largest absolute Gasteiger partial charge is 0.493 e. The lowest BCUT2D eigenvalue weighted by Crippen LogP contribution is -2.15. The molecule has 6 nitrogen and oxygen atoms in total. The van der Waals surface area contributed by atoms with Crippen molar-refractivity contribution in [2.75, 3.05) is 7.11 Å². The van der Waals surface area contributed by atoms with Gasteiger partial charge in [0.1, 0.15) is 6.10 Å². The number of methoxy groups -OCH3 is 1. The quantitative estimate of drug-likeness (QED) is 0.839. The van der Waals surface area contributed by atoms with Crippen molar-refractivity contribution < 1.29 is 24.2 Å². The highest BCUT2D eigenvalue weighted by Crippen LogP contribution is 2.34. The lowest BCUT2D eigenvalue weighted by molar-refractivity contribution is -0.139. The Morgan fingerprint density at radius 1 is 1.35 bits per heavy atom. The maximum Gasteiger partial charge on any atom is 0.306 e. The maximum atomic E-state index is 10.8. The summed E-state index contributed by atoms with van der Waals surface area (Å²) in [4.78, 5) is 16.0. The number of hydrogen-bond donors (Lipinski definition) is 2. The highest BCUT2D eigenvalue weighted by molar-refractivity contribution is 5.71. The van der Waals surface area contributed by atoms with Gasteiger partial charge in [0.25, 0.3) is 0 Å². The van der Waals surface area contributed by atoms with E-state index in [1.54, 1.807) is 13.2 Å². The van der Waals surface area contributed by atoms with Gasteiger partial charge in [-0.05, 0) is 50.0 Å². The summed E-state index contributed by atoms with van der Waals surface area (Å²) in [6, 6.07) is 5.65. The van der Waals surface area contributed by atoms with Crippen LogP contribution in [0.3, 0.4) is 0 Å². The van der Waals surface area contributed by atoms with E-state index in [2.05, 4.69) is 5.48 Å². The van der Waals surface area contributed by atoms with E-state index < -0.39 is 12.1 Å². The zero-order valence-corrected chi connectivity index (χ0v) is 13.1. The number of rotatable bonds is 6. The van der Waals surface area contributed by atoms with Gasteiger partial charge in [-0.1, -0.05) is 0 Å². The molecule has 1 aliphatic carbocycles. The third-order valence-electron chi connectivity index (χ3n) is 4.12. The topological polar surface area (TPSA) is 77.0 Å². The number of benzene rings is 1. The Morgan fingerprint density at radius 3 is 2.83 bits per heavy atom. The predicted molar refractivity (Wildman–Crippen MR) is 84.1 cm³/mol. The van der Waals surface area contributed by atoms with E-state index in [4.69, 9.17) is 19.4 Å². The fraction of sp³-hybridized carbons (Fsp3) is 0.471. The molecule has 2 N–H and O–H groups in total. The Kier molecular flexibility index (Phi) is 4.71. The number of ether oxygens (including phenoxy) is 2. The van der Waals surface area contributed by atoms with Gasteiger partial charge >= 0.3 is 5.97 Å². The molecule has 1 saturated carbocycles. The Bertz CT molecular complexity index is 607. The smallest absolute Gasteiger partial charge is 0.306 e. The van der Waals surface area contributed by atoms with Crippen LogP contribution in [0.4, 0.5) is 0 Å². The molecule has 6 heteroatoms. The summed E-state index contributed by atoms with van der Waals surface area (Å²) in [5, 5.41) is 8.83. The zero-order valence-electron chi connectivity index (χ0n) is 13.1. The molecule has 0 aromatic heterocycles. The fourth-order valence-corrected chi connectivity index (χ4v) is 2.94. The molecule has 0 bridgehead atoms. The Hall–Kier alpha value is -2.21. The Balaban J connectivity index is 1.78. The first-order chi connectivity index (χ1) is 11.2. The van der Waals surface area contributed by atoms with Crippen LogP contribution in [0.2, 0.25) is 0 Å². The molecular formula is C17H21NO5. The average molecular weight is 319 g/mol. The van der Waals surface area contributed by atoms with E-state index in [0.717, 1.165) is 24.1 Å². The number of nitrogens with one attached hydrogen (secondary N) is 1. The van der Waals surface area contributed by atoms with Crippen LogP contribution in [0.1, 0.15) is 37.7 Å². The first kappa shape index (κ1) is 15.7. The van der Waals surface area contributed by atoms with Gasteiger partial charge in [-0.25, -0.2) is 0 Å². The Labute approximate surface area is 135 Å². The highest BCUT2D eigenvalue weighted by Gasteiger charge is 2.22. The highest BCUT2D eigenvalue weighted by atomic mass is 16.7. The third kappa shape index (κ3) is 3.76. The van der Waals surface area contributed by atoms with Crippen LogP contribution in [-0.2, 0) is 9.63 Å². The number of aliphatic carboxylic acids is 1. The van der Waals surface area contributed by atoms with Gasteiger partial charge in [0.05, 0.1) is 25.3 Å². The molecule has 2 aliphatic rings. The first-order valence-electron chi connectivity index (χ1n) is 7.86. The van der Waals surface area contributed by atoms with Gasteiger partial charge in [0, 0.05) is 5.56 Å². The van der Waals surface area contributed by atoms with Crippen molar-refractivity contribution in [1.29, 1.82) is 0 Å². The molecule has 3 rings (SSSR count). The molecular weight excluding hydrogens is 298 g/mol. The zero-order chi connectivity index (χ0) is 16.2. The standard InChI is InChI=1S/C17H21NO5/c1-21-15-7-6-11(8-16(15)22-12-4-2-3-5-12)14-9-13(23-18-14)10-17(19)20/h6-9,12-13,18H,2-5,10H2,1H3,(H,19,20). The number of hydrogen-bond acceptors (Lipinski definition) is 5. The average Bonchev–Trinajstić information content (AvgIpc) is 3.18. The van der Waals surface area contributed by atoms with Crippen LogP contribution in [0.25, 0.3) is 5.70 Å². The summed E-state index contributed by atoms with van der Waals surface area (Å²) >= 11 is 0. The summed E-state index contributed by atoms with van der Waals surface area (Å²) < 4.78 is 11.4. The number of hydroxylamine groups is 1. The third-order valence-corrected chi connectivity index (χ3v) is 4.12. The van der Waals surface area contributed by atoms with E-state index in [-0.39, 0.29) is 12.5 Å². The molecule has 1 unspecified atom stereocenters. The minimum Gasteiger partial charge on any atom is -0.493 e. The summed E-state index contributed by atoms with van der Waals surface area (Å²) in [5.41, 5.74) is 4.41. The van der Waals surface area contributed by atoms with Crippen molar-refractivity contribution in [2.45, 2.75) is 44.3 Å². The molecule has 23 heavy (non-hydrogen) atoms. The van der Waals surface area contributed by atoms with E-state index in [9.17, 15) is 4.79 Å². The molecule has 0 amide bonds. The predicted octanol–water partition coefficient (Wildman–Crippen LogP) is 2.74. The molecule has 1 atom stereocenters. The summed E-state index contributed by atoms with van der Waals surface area (Å²) in [6.07, 6.45) is 6.00. The van der Waals surface area contributed by atoms with E-state index in [0.29, 0.717) is 11.5 Å². The van der Waals surface area contributed by atoms with Crippen LogP contribution < -0.4 is 15.0 Å². The molecule has 0 radical (unpaired) electrons.